The second kappa shape index (κ2) is 7.22. The fourth-order valence-electron chi connectivity index (χ4n) is 3.00. The number of benzene rings is 1. The van der Waals surface area contributed by atoms with Gasteiger partial charge in [-0.15, -0.1) is 0 Å². The third kappa shape index (κ3) is 4.16. The monoisotopic (exact) mass is 284 g/mol. The molecule has 1 fully saturated rings. The molecule has 0 aromatic heterocycles. The highest BCUT2D eigenvalue weighted by Gasteiger charge is 2.22. The minimum absolute atomic E-state index is 0.223. The van der Waals surface area contributed by atoms with E-state index in [1.807, 2.05) is 0 Å². The first-order valence-electron chi connectivity index (χ1n) is 7.10. The van der Waals surface area contributed by atoms with Gasteiger partial charge in [-0.1, -0.05) is 43.4 Å². The van der Waals surface area contributed by atoms with Gasteiger partial charge in [0.15, 0.2) is 0 Å². The van der Waals surface area contributed by atoms with Crippen molar-refractivity contribution < 1.29 is 4.39 Å². The van der Waals surface area contributed by atoms with Crippen molar-refractivity contribution in [2.75, 3.05) is 0 Å². The van der Waals surface area contributed by atoms with E-state index >= 15 is 0 Å². The SMILES string of the molecule is NNC(Cc1ccc(F)cc1Cl)C1CCCCCC1. The molecule has 1 aliphatic rings. The molecule has 0 heterocycles. The van der Waals surface area contributed by atoms with Crippen LogP contribution in [0.15, 0.2) is 18.2 Å². The number of nitrogens with one attached hydrogen (secondary N) is 1. The molecule has 1 saturated carbocycles. The molecule has 1 aromatic rings. The molecule has 3 N–H and O–H groups in total. The second-order valence-corrected chi connectivity index (χ2v) is 5.87. The van der Waals surface area contributed by atoms with Crippen LogP contribution in [-0.4, -0.2) is 6.04 Å². The third-order valence-electron chi connectivity index (χ3n) is 4.14. The number of hydrogen-bond acceptors (Lipinski definition) is 2. The molecular weight excluding hydrogens is 263 g/mol. The lowest BCUT2D eigenvalue weighted by Gasteiger charge is -2.26. The van der Waals surface area contributed by atoms with Crippen LogP contribution < -0.4 is 11.3 Å². The Labute approximate surface area is 119 Å². The maximum Gasteiger partial charge on any atom is 0.124 e. The van der Waals surface area contributed by atoms with E-state index in [9.17, 15) is 4.39 Å². The molecule has 4 heteroatoms. The molecule has 2 rings (SSSR count). The standard InChI is InChI=1S/C15H22ClFN2/c16-14-10-13(17)8-7-12(14)9-15(19-18)11-5-3-1-2-4-6-11/h7-8,10-11,15,19H,1-6,9,18H2. The minimum Gasteiger partial charge on any atom is -0.271 e. The average Bonchev–Trinajstić information content (AvgIpc) is 2.67. The molecule has 0 saturated heterocycles. The largest absolute Gasteiger partial charge is 0.271 e. The van der Waals surface area contributed by atoms with Crippen molar-refractivity contribution in [3.8, 4) is 0 Å². The number of nitrogens with two attached hydrogens (primary N) is 1. The summed E-state index contributed by atoms with van der Waals surface area (Å²) in [7, 11) is 0. The summed E-state index contributed by atoms with van der Waals surface area (Å²) in [6.45, 7) is 0. The normalized spacial score (nSPS) is 19.1. The first kappa shape index (κ1) is 14.8. The Morgan fingerprint density at radius 3 is 2.53 bits per heavy atom. The number of halogens is 2. The first-order valence-corrected chi connectivity index (χ1v) is 7.48. The summed E-state index contributed by atoms with van der Waals surface area (Å²) in [6.07, 6.45) is 8.40. The molecule has 1 aromatic carbocycles. The highest BCUT2D eigenvalue weighted by atomic mass is 35.5. The quantitative estimate of drug-likeness (QED) is 0.501. The van der Waals surface area contributed by atoms with Crippen molar-refractivity contribution >= 4 is 11.6 Å². The highest BCUT2D eigenvalue weighted by Crippen LogP contribution is 2.28. The van der Waals surface area contributed by atoms with Crippen LogP contribution in [0.1, 0.15) is 44.1 Å². The van der Waals surface area contributed by atoms with Gasteiger partial charge < -0.3 is 0 Å². The van der Waals surface area contributed by atoms with Crippen molar-refractivity contribution in [3.63, 3.8) is 0 Å². The fraction of sp³-hybridized carbons (Fsp3) is 0.600. The minimum atomic E-state index is -0.291. The smallest absolute Gasteiger partial charge is 0.124 e. The molecule has 1 unspecified atom stereocenters. The van der Waals surface area contributed by atoms with Crippen molar-refractivity contribution in [3.05, 3.63) is 34.6 Å². The molecule has 1 atom stereocenters. The Kier molecular flexibility index (Phi) is 5.61. The Morgan fingerprint density at radius 1 is 1.26 bits per heavy atom. The summed E-state index contributed by atoms with van der Waals surface area (Å²) in [5, 5.41) is 0.494. The van der Waals surface area contributed by atoms with Crippen LogP contribution in [0.2, 0.25) is 5.02 Å². The summed E-state index contributed by atoms with van der Waals surface area (Å²) in [5.41, 5.74) is 3.91. The predicted molar refractivity (Wildman–Crippen MR) is 77.4 cm³/mol. The number of hydrazine groups is 1. The van der Waals surface area contributed by atoms with Gasteiger partial charge >= 0.3 is 0 Å². The van der Waals surface area contributed by atoms with Crippen LogP contribution in [0.4, 0.5) is 4.39 Å². The Morgan fingerprint density at radius 2 is 1.95 bits per heavy atom. The molecule has 19 heavy (non-hydrogen) atoms. The fourth-order valence-corrected chi connectivity index (χ4v) is 3.24. The molecule has 106 valence electrons. The van der Waals surface area contributed by atoms with Crippen molar-refractivity contribution in [1.82, 2.24) is 5.43 Å². The molecule has 0 aliphatic heterocycles. The van der Waals surface area contributed by atoms with Gasteiger partial charge in [0.2, 0.25) is 0 Å². The lowest BCUT2D eigenvalue weighted by atomic mass is 9.88. The summed E-state index contributed by atoms with van der Waals surface area (Å²) in [4.78, 5) is 0. The van der Waals surface area contributed by atoms with Crippen molar-refractivity contribution in [1.29, 1.82) is 0 Å². The van der Waals surface area contributed by atoms with Crippen molar-refractivity contribution in [2.45, 2.75) is 51.0 Å². The van der Waals surface area contributed by atoms with Gasteiger partial charge in [-0.2, -0.15) is 0 Å². The van der Waals surface area contributed by atoms with E-state index in [2.05, 4.69) is 5.43 Å². The van der Waals surface area contributed by atoms with Crippen LogP contribution in [0.25, 0.3) is 0 Å². The zero-order valence-electron chi connectivity index (χ0n) is 11.2. The van der Waals surface area contributed by atoms with Crippen LogP contribution in [0, 0.1) is 11.7 Å². The third-order valence-corrected chi connectivity index (χ3v) is 4.49. The summed E-state index contributed by atoms with van der Waals surface area (Å²) in [5.74, 6) is 6.02. The van der Waals surface area contributed by atoms with Gasteiger partial charge in [0.1, 0.15) is 5.82 Å². The molecule has 2 nitrogen and oxygen atoms in total. The zero-order chi connectivity index (χ0) is 13.7. The topological polar surface area (TPSA) is 38.0 Å². The van der Waals surface area contributed by atoms with Crippen LogP contribution in [-0.2, 0) is 6.42 Å². The van der Waals surface area contributed by atoms with E-state index in [4.69, 9.17) is 17.4 Å². The molecular formula is C15H22ClFN2. The summed E-state index contributed by atoms with van der Waals surface area (Å²) >= 11 is 6.09. The second-order valence-electron chi connectivity index (χ2n) is 5.46. The summed E-state index contributed by atoms with van der Waals surface area (Å²) in [6, 6.07) is 4.82. The highest BCUT2D eigenvalue weighted by molar-refractivity contribution is 6.31. The maximum atomic E-state index is 13.1. The van der Waals surface area contributed by atoms with E-state index < -0.39 is 0 Å². The van der Waals surface area contributed by atoms with Gasteiger partial charge in [-0.3, -0.25) is 11.3 Å². The van der Waals surface area contributed by atoms with Crippen LogP contribution >= 0.6 is 11.6 Å². The average molecular weight is 285 g/mol. The van der Waals surface area contributed by atoms with E-state index in [-0.39, 0.29) is 11.9 Å². The van der Waals surface area contributed by atoms with Gasteiger partial charge in [0.05, 0.1) is 0 Å². The Hall–Kier alpha value is -0.640. The van der Waals surface area contributed by atoms with Gasteiger partial charge in [0, 0.05) is 11.1 Å². The van der Waals surface area contributed by atoms with E-state index in [0.717, 1.165) is 12.0 Å². The van der Waals surface area contributed by atoms with Gasteiger partial charge in [-0.05, 0) is 42.9 Å². The van der Waals surface area contributed by atoms with Crippen LogP contribution in [0.3, 0.4) is 0 Å². The molecule has 0 radical (unpaired) electrons. The Bertz CT molecular complexity index is 403. The number of rotatable bonds is 4. The van der Waals surface area contributed by atoms with E-state index in [1.165, 1.54) is 50.7 Å². The van der Waals surface area contributed by atoms with Gasteiger partial charge in [0.25, 0.3) is 0 Å². The molecule has 0 amide bonds. The van der Waals surface area contributed by atoms with Crippen molar-refractivity contribution in [2.24, 2.45) is 11.8 Å². The lowest BCUT2D eigenvalue weighted by molar-refractivity contribution is 0.320. The number of hydrogen-bond donors (Lipinski definition) is 2. The van der Waals surface area contributed by atoms with Gasteiger partial charge in [-0.25, -0.2) is 4.39 Å². The molecule has 0 spiro atoms. The van der Waals surface area contributed by atoms with E-state index in [0.29, 0.717) is 10.9 Å². The molecule has 1 aliphatic carbocycles. The Balaban J connectivity index is 2.04. The first-order chi connectivity index (χ1) is 9.20. The predicted octanol–water partition coefficient (Wildman–Crippen LogP) is 3.82. The zero-order valence-corrected chi connectivity index (χ0v) is 11.9. The lowest BCUT2D eigenvalue weighted by Crippen LogP contribution is -2.42. The van der Waals surface area contributed by atoms with Crippen LogP contribution in [0.5, 0.6) is 0 Å². The summed E-state index contributed by atoms with van der Waals surface area (Å²) < 4.78 is 13.1. The molecule has 0 bridgehead atoms. The van der Waals surface area contributed by atoms with E-state index in [1.54, 1.807) is 6.07 Å². The maximum absolute atomic E-state index is 13.1.